The number of nitrogen functional groups attached to an aromatic ring is 1. The Hall–Kier alpha value is -2.69. The highest BCUT2D eigenvalue weighted by molar-refractivity contribution is 5.97. The summed E-state index contributed by atoms with van der Waals surface area (Å²) < 4.78 is 6.06. The second kappa shape index (κ2) is 6.56. The van der Waals surface area contributed by atoms with E-state index in [9.17, 15) is 4.79 Å². The van der Waals surface area contributed by atoms with Crippen molar-refractivity contribution in [2.75, 3.05) is 22.5 Å². The van der Waals surface area contributed by atoms with Gasteiger partial charge in [0.15, 0.2) is 0 Å². The summed E-state index contributed by atoms with van der Waals surface area (Å²) in [4.78, 5) is 15.0. The number of hydrogen-bond acceptors (Lipinski definition) is 4. The lowest BCUT2D eigenvalue weighted by molar-refractivity contribution is -0.117. The van der Waals surface area contributed by atoms with Crippen LogP contribution >= 0.6 is 0 Å². The fraction of sp³-hybridized carbons (Fsp3) is 0.381. The van der Waals surface area contributed by atoms with E-state index in [2.05, 4.69) is 10.2 Å². The topological polar surface area (TPSA) is 67.6 Å². The fourth-order valence-corrected chi connectivity index (χ4v) is 3.27. The second-order valence-corrected chi connectivity index (χ2v) is 7.70. The molecule has 0 spiro atoms. The van der Waals surface area contributed by atoms with Gasteiger partial charge in [-0.3, -0.25) is 4.79 Å². The fourth-order valence-electron chi connectivity index (χ4n) is 3.27. The zero-order valence-corrected chi connectivity index (χ0v) is 16.1. The first-order chi connectivity index (χ1) is 12.2. The van der Waals surface area contributed by atoms with Crippen molar-refractivity contribution >= 4 is 23.0 Å². The van der Waals surface area contributed by atoms with E-state index in [0.29, 0.717) is 12.2 Å². The second-order valence-electron chi connectivity index (χ2n) is 7.70. The van der Waals surface area contributed by atoms with Crippen molar-refractivity contribution in [1.29, 1.82) is 0 Å². The summed E-state index contributed by atoms with van der Waals surface area (Å²) in [5.41, 5.74) is 10.1. The lowest BCUT2D eigenvalue weighted by atomic mass is 10.0. The predicted octanol–water partition coefficient (Wildman–Crippen LogP) is 3.89. The normalized spacial score (nSPS) is 16.4. The van der Waals surface area contributed by atoms with Gasteiger partial charge >= 0.3 is 0 Å². The Kier molecular flexibility index (Phi) is 4.57. The van der Waals surface area contributed by atoms with Crippen LogP contribution in [0.3, 0.4) is 0 Å². The molecule has 1 amide bonds. The molecule has 2 aromatic carbocycles. The molecular formula is C21H27N3O2. The molecule has 1 aliphatic rings. The van der Waals surface area contributed by atoms with Gasteiger partial charge in [0.05, 0.1) is 12.2 Å². The molecule has 5 heteroatoms. The van der Waals surface area contributed by atoms with Gasteiger partial charge in [-0.05, 0) is 70.0 Å². The Labute approximate surface area is 155 Å². The van der Waals surface area contributed by atoms with E-state index in [-0.39, 0.29) is 11.9 Å². The minimum atomic E-state index is -0.392. The predicted molar refractivity (Wildman–Crippen MR) is 107 cm³/mol. The van der Waals surface area contributed by atoms with Crippen molar-refractivity contribution in [3.8, 4) is 5.75 Å². The van der Waals surface area contributed by atoms with Crippen LogP contribution in [0.2, 0.25) is 0 Å². The average Bonchev–Trinajstić information content (AvgIpc) is 2.56. The molecule has 1 unspecified atom stereocenters. The van der Waals surface area contributed by atoms with E-state index < -0.39 is 5.60 Å². The van der Waals surface area contributed by atoms with Crippen molar-refractivity contribution in [3.63, 3.8) is 0 Å². The molecule has 0 radical (unpaired) electrons. The zero-order valence-electron chi connectivity index (χ0n) is 16.1. The van der Waals surface area contributed by atoms with E-state index in [1.54, 1.807) is 0 Å². The van der Waals surface area contributed by atoms with Gasteiger partial charge in [0, 0.05) is 11.4 Å². The molecule has 1 heterocycles. The molecule has 0 saturated heterocycles. The maximum atomic E-state index is 13.0. The van der Waals surface area contributed by atoms with Crippen molar-refractivity contribution in [1.82, 2.24) is 0 Å². The molecule has 26 heavy (non-hydrogen) atoms. The highest BCUT2D eigenvalue weighted by Gasteiger charge is 2.36. The summed E-state index contributed by atoms with van der Waals surface area (Å²) in [5, 5.41) is 3.07. The van der Waals surface area contributed by atoms with Crippen molar-refractivity contribution < 1.29 is 9.53 Å². The number of amides is 1. The first-order valence-corrected chi connectivity index (χ1v) is 8.89. The minimum absolute atomic E-state index is 0.0511. The van der Waals surface area contributed by atoms with Crippen molar-refractivity contribution in [3.05, 3.63) is 47.5 Å². The van der Waals surface area contributed by atoms with Crippen LogP contribution in [-0.4, -0.2) is 24.1 Å². The Balaban J connectivity index is 1.89. The maximum Gasteiger partial charge on any atom is 0.246 e. The highest BCUT2D eigenvalue weighted by atomic mass is 16.5. The monoisotopic (exact) mass is 353 g/mol. The summed E-state index contributed by atoms with van der Waals surface area (Å²) in [6.07, 6.45) is 0. The van der Waals surface area contributed by atoms with Gasteiger partial charge in [0.1, 0.15) is 17.4 Å². The molecule has 1 aliphatic heterocycles. The lowest BCUT2D eigenvalue weighted by Crippen LogP contribution is -2.53. The Morgan fingerprint density at radius 3 is 2.69 bits per heavy atom. The highest BCUT2D eigenvalue weighted by Crippen LogP contribution is 2.39. The number of nitrogens with one attached hydrogen (secondary N) is 1. The number of benzene rings is 2. The largest absolute Gasteiger partial charge is 0.484 e. The summed E-state index contributed by atoms with van der Waals surface area (Å²) >= 11 is 0. The Bertz CT molecular complexity index is 845. The summed E-state index contributed by atoms with van der Waals surface area (Å²) in [5.74, 6) is 0.701. The van der Waals surface area contributed by atoms with Crippen LogP contribution < -0.4 is 20.7 Å². The minimum Gasteiger partial charge on any atom is -0.484 e. The Morgan fingerprint density at radius 2 is 1.96 bits per heavy atom. The van der Waals surface area contributed by atoms with Gasteiger partial charge < -0.3 is 20.7 Å². The van der Waals surface area contributed by atoms with Gasteiger partial charge in [0.2, 0.25) is 5.91 Å². The van der Waals surface area contributed by atoms with Crippen molar-refractivity contribution in [2.45, 2.75) is 46.3 Å². The van der Waals surface area contributed by atoms with E-state index in [1.807, 2.05) is 71.0 Å². The lowest BCUT2D eigenvalue weighted by Gasteiger charge is -2.43. The number of aryl methyl sites for hydroxylation is 2. The first-order valence-electron chi connectivity index (χ1n) is 8.89. The van der Waals surface area contributed by atoms with Crippen LogP contribution in [0.1, 0.15) is 31.9 Å². The molecule has 0 fully saturated rings. The summed E-state index contributed by atoms with van der Waals surface area (Å²) in [6.45, 7) is 10.6. The van der Waals surface area contributed by atoms with E-state index >= 15 is 0 Å². The van der Waals surface area contributed by atoms with Gasteiger partial charge in [-0.25, -0.2) is 0 Å². The summed E-state index contributed by atoms with van der Waals surface area (Å²) in [7, 11) is 0. The molecule has 1 atom stereocenters. The number of carbonyl (C=O) groups is 1. The molecule has 0 aliphatic carbocycles. The van der Waals surface area contributed by atoms with Gasteiger partial charge in [-0.15, -0.1) is 0 Å². The smallest absolute Gasteiger partial charge is 0.246 e. The molecule has 0 aromatic heterocycles. The third-order valence-electron chi connectivity index (χ3n) is 4.73. The van der Waals surface area contributed by atoms with Crippen LogP contribution in [-0.2, 0) is 4.79 Å². The van der Waals surface area contributed by atoms with Crippen LogP contribution in [0.25, 0.3) is 0 Å². The number of rotatable bonds is 3. The number of nitrogens with zero attached hydrogens (tertiary/aromatic N) is 1. The third-order valence-corrected chi connectivity index (χ3v) is 4.73. The molecule has 3 rings (SSSR count). The first kappa shape index (κ1) is 18.1. The number of ether oxygens (including phenoxy) is 1. The molecular weight excluding hydrogens is 326 g/mol. The van der Waals surface area contributed by atoms with Gasteiger partial charge in [0.25, 0.3) is 0 Å². The molecule has 2 aromatic rings. The third kappa shape index (κ3) is 3.62. The number of fused-ring (bicyclic) bond motifs is 1. The van der Waals surface area contributed by atoms with E-state index in [0.717, 1.165) is 28.3 Å². The standard InChI is InChI=1S/C21H27N3O2/c1-13-6-7-14(2)17(10-13)23-20(25)15(3)24-12-21(4,5)26-19-9-8-16(22)11-18(19)24/h6-11,15H,12,22H2,1-5H3,(H,23,25). The number of hydrogen-bond donors (Lipinski definition) is 2. The van der Waals surface area contributed by atoms with E-state index in [4.69, 9.17) is 10.5 Å². The molecule has 5 nitrogen and oxygen atoms in total. The molecule has 138 valence electrons. The zero-order chi connectivity index (χ0) is 19.1. The van der Waals surface area contributed by atoms with Crippen LogP contribution in [0.15, 0.2) is 36.4 Å². The van der Waals surface area contributed by atoms with Crippen LogP contribution in [0.4, 0.5) is 17.1 Å². The quantitative estimate of drug-likeness (QED) is 0.822. The number of anilines is 3. The van der Waals surface area contributed by atoms with E-state index in [1.165, 1.54) is 0 Å². The Morgan fingerprint density at radius 1 is 1.23 bits per heavy atom. The molecule has 0 saturated carbocycles. The number of carbonyl (C=O) groups excluding carboxylic acids is 1. The molecule has 3 N–H and O–H groups in total. The van der Waals surface area contributed by atoms with Gasteiger partial charge in [-0.1, -0.05) is 12.1 Å². The number of nitrogens with two attached hydrogens (primary N) is 1. The molecule has 0 bridgehead atoms. The van der Waals surface area contributed by atoms with Crippen LogP contribution in [0.5, 0.6) is 5.75 Å². The SMILES string of the molecule is Cc1ccc(C)c(NC(=O)C(C)N2CC(C)(C)Oc3ccc(N)cc32)c1. The maximum absolute atomic E-state index is 13.0. The summed E-state index contributed by atoms with van der Waals surface area (Å²) in [6, 6.07) is 11.2. The van der Waals surface area contributed by atoms with Gasteiger partial charge in [-0.2, -0.15) is 0 Å². The van der Waals surface area contributed by atoms with Crippen molar-refractivity contribution in [2.24, 2.45) is 0 Å². The van der Waals surface area contributed by atoms with Crippen LogP contribution in [0, 0.1) is 13.8 Å². The average molecular weight is 353 g/mol.